The zero-order valence-corrected chi connectivity index (χ0v) is 33.0. The van der Waals surface area contributed by atoms with Gasteiger partial charge in [0.2, 0.25) is 0 Å². The van der Waals surface area contributed by atoms with Crippen LogP contribution in [-0.4, -0.2) is 45.8 Å². The predicted octanol–water partition coefficient (Wildman–Crippen LogP) is 7.38. The summed E-state index contributed by atoms with van der Waals surface area (Å²) in [5, 5.41) is 19.9. The fourth-order valence-electron chi connectivity index (χ4n) is 5.33. The summed E-state index contributed by atoms with van der Waals surface area (Å²) in [5.74, 6) is -2.20. The Labute approximate surface area is 346 Å². The number of esters is 2. The highest BCUT2D eigenvalue weighted by Crippen LogP contribution is 2.20. The van der Waals surface area contributed by atoms with Gasteiger partial charge in [0.15, 0.2) is 10.3 Å². The van der Waals surface area contributed by atoms with Crippen LogP contribution in [0.25, 0.3) is 0 Å². The fourth-order valence-corrected chi connectivity index (χ4v) is 6.70. The van der Waals surface area contributed by atoms with Crippen molar-refractivity contribution in [1.29, 1.82) is 0 Å². The lowest BCUT2D eigenvalue weighted by Gasteiger charge is -2.07. The number of urea groups is 2. The van der Waals surface area contributed by atoms with Crippen LogP contribution in [0.5, 0.6) is 0 Å². The normalized spacial score (nSPS) is 10.5. The number of carbonyl (C=O) groups excluding carboxylic acids is 6. The second-order valence-corrected chi connectivity index (χ2v) is 14.5. The molecule has 2 aromatic heterocycles. The monoisotopic (exact) mass is 830 g/mol. The molecule has 0 radical (unpaired) electrons. The van der Waals surface area contributed by atoms with Gasteiger partial charge in [-0.25, -0.2) is 19.6 Å². The lowest BCUT2D eigenvalue weighted by Crippen LogP contribution is -2.28. The molecule has 59 heavy (non-hydrogen) atoms. The third kappa shape index (κ3) is 13.4. The molecule has 6 aromatic rings. The van der Waals surface area contributed by atoms with E-state index in [1.54, 1.807) is 59.3 Å². The summed E-state index contributed by atoms with van der Waals surface area (Å²) >= 11 is 2.25. The molecular weight excluding hydrogens is 793 g/mol. The highest BCUT2D eigenvalue weighted by molar-refractivity contribution is 7.14. The molecule has 0 aliphatic heterocycles. The van der Waals surface area contributed by atoms with Crippen molar-refractivity contribution in [3.8, 4) is 0 Å². The number of nitrogens with zero attached hydrogens (tertiary/aromatic N) is 2. The molecule has 0 fully saturated rings. The van der Waals surface area contributed by atoms with Crippen molar-refractivity contribution in [2.75, 3.05) is 21.3 Å². The summed E-state index contributed by atoms with van der Waals surface area (Å²) in [7, 11) is 0. The summed E-state index contributed by atoms with van der Waals surface area (Å²) in [5.41, 5.74) is 4.81. The first-order valence-electron chi connectivity index (χ1n) is 18.3. The van der Waals surface area contributed by atoms with Gasteiger partial charge in [-0.05, 0) is 59.4 Å². The number of amides is 6. The Kier molecular flexibility index (Phi) is 14.6. The summed E-state index contributed by atoms with van der Waals surface area (Å²) < 4.78 is 5.00. The number of benzene rings is 4. The first-order chi connectivity index (χ1) is 28.6. The van der Waals surface area contributed by atoms with Crippen LogP contribution >= 0.6 is 22.7 Å². The summed E-state index contributed by atoms with van der Waals surface area (Å²) in [6, 6.07) is 31.8. The van der Waals surface area contributed by atoms with Gasteiger partial charge in [0, 0.05) is 35.2 Å². The van der Waals surface area contributed by atoms with Crippen molar-refractivity contribution in [2.45, 2.75) is 38.8 Å². The molecule has 0 spiro atoms. The van der Waals surface area contributed by atoms with Crippen molar-refractivity contribution < 1.29 is 33.5 Å². The highest BCUT2D eigenvalue weighted by atomic mass is 32.1. The van der Waals surface area contributed by atoms with Crippen molar-refractivity contribution in [3.63, 3.8) is 0 Å². The number of hydrogen-bond donors (Lipinski definition) is 6. The van der Waals surface area contributed by atoms with Crippen LogP contribution in [-0.2, 0) is 40.3 Å². The zero-order valence-electron chi connectivity index (χ0n) is 31.4. The molecule has 300 valence electrons. The molecule has 0 atom stereocenters. The predicted molar refractivity (Wildman–Crippen MR) is 225 cm³/mol. The SMILES string of the molecule is O=C(NCc1ccccc1)Nc1nc(C(=O)Nc2ccc(CCC(=O)OC(=O)CCc3ccc(NC(=O)c4csc(NC(=O)NCc5ccccc5)n4)cc3)cc2)cs1. The van der Waals surface area contributed by atoms with Crippen LogP contribution < -0.4 is 31.9 Å². The minimum Gasteiger partial charge on any atom is -0.393 e. The van der Waals surface area contributed by atoms with E-state index in [2.05, 4.69) is 41.9 Å². The molecule has 6 N–H and O–H groups in total. The maximum atomic E-state index is 12.7. The molecular formula is C42H38N8O7S2. The number of hydrogen-bond acceptors (Lipinski definition) is 11. The van der Waals surface area contributed by atoms with Gasteiger partial charge in [0.1, 0.15) is 11.4 Å². The highest BCUT2D eigenvalue weighted by Gasteiger charge is 2.16. The summed E-state index contributed by atoms with van der Waals surface area (Å²) in [6.07, 6.45) is 0.613. The van der Waals surface area contributed by atoms with E-state index in [9.17, 15) is 28.8 Å². The van der Waals surface area contributed by atoms with Gasteiger partial charge < -0.3 is 26.0 Å². The average Bonchev–Trinajstić information content (AvgIpc) is 3.93. The van der Waals surface area contributed by atoms with Gasteiger partial charge in [-0.15, -0.1) is 22.7 Å². The van der Waals surface area contributed by atoms with Crippen molar-refractivity contribution in [3.05, 3.63) is 154 Å². The van der Waals surface area contributed by atoms with Gasteiger partial charge >= 0.3 is 24.0 Å². The van der Waals surface area contributed by atoms with Gasteiger partial charge in [0.25, 0.3) is 11.8 Å². The number of thiazole rings is 2. The van der Waals surface area contributed by atoms with E-state index in [0.29, 0.717) is 37.3 Å². The third-order valence-electron chi connectivity index (χ3n) is 8.39. The Morgan fingerprint density at radius 3 is 1.25 bits per heavy atom. The van der Waals surface area contributed by atoms with Crippen molar-refractivity contribution >= 4 is 80.1 Å². The van der Waals surface area contributed by atoms with E-state index in [-0.39, 0.29) is 34.5 Å². The lowest BCUT2D eigenvalue weighted by molar-refractivity contribution is -0.159. The first kappa shape index (κ1) is 41.4. The molecule has 2 heterocycles. The molecule has 0 saturated heterocycles. The number of aromatic nitrogens is 2. The molecule has 6 rings (SSSR count). The number of ether oxygens (including phenoxy) is 1. The van der Waals surface area contributed by atoms with E-state index in [1.165, 1.54) is 0 Å². The Hall–Kier alpha value is -7.24. The summed E-state index contributed by atoms with van der Waals surface area (Å²) in [6.45, 7) is 0.697. The molecule has 0 aliphatic rings. The maximum absolute atomic E-state index is 12.7. The van der Waals surface area contributed by atoms with E-state index < -0.39 is 35.8 Å². The summed E-state index contributed by atoms with van der Waals surface area (Å²) in [4.78, 5) is 83.0. The van der Waals surface area contributed by atoms with Crippen LogP contribution in [0.1, 0.15) is 56.1 Å². The van der Waals surface area contributed by atoms with Crippen LogP contribution in [0.15, 0.2) is 120 Å². The number of nitrogens with one attached hydrogen (secondary N) is 6. The van der Waals surface area contributed by atoms with Gasteiger partial charge in [-0.3, -0.25) is 29.8 Å². The van der Waals surface area contributed by atoms with Crippen molar-refractivity contribution in [1.82, 2.24) is 20.6 Å². The van der Waals surface area contributed by atoms with Crippen molar-refractivity contribution in [2.24, 2.45) is 0 Å². The molecule has 15 nitrogen and oxygen atoms in total. The molecule has 0 unspecified atom stereocenters. The number of rotatable bonds is 16. The van der Waals surface area contributed by atoms with E-state index in [0.717, 1.165) is 44.9 Å². The molecule has 4 aromatic carbocycles. The molecule has 0 saturated carbocycles. The molecule has 6 amide bonds. The lowest BCUT2D eigenvalue weighted by atomic mass is 10.1. The second-order valence-electron chi connectivity index (χ2n) is 12.8. The zero-order chi connectivity index (χ0) is 41.4. The minimum atomic E-state index is -0.652. The third-order valence-corrected chi connectivity index (χ3v) is 9.91. The molecule has 0 bridgehead atoms. The standard InChI is InChI=1S/C42H38N8O7S2/c51-35(21-15-27-11-17-31(18-12-27)45-37(53)33-25-58-41(47-33)49-39(55)43-23-29-7-3-1-4-8-29)57-36(52)22-16-28-13-19-32(20-14-28)46-38(54)34-26-59-42(48-34)50-40(56)44-24-30-9-5-2-6-10-30/h1-14,17-20,25-26H,15-16,21-24H2,(H,45,53)(H,46,54)(H2,43,47,49,55)(H2,44,48,50,56). The Morgan fingerprint density at radius 1 is 0.475 bits per heavy atom. The number of anilines is 4. The molecule has 17 heteroatoms. The van der Waals surface area contributed by atoms with Crippen LogP contribution in [0.2, 0.25) is 0 Å². The van der Waals surface area contributed by atoms with Crippen LogP contribution in [0, 0.1) is 0 Å². The van der Waals surface area contributed by atoms with Gasteiger partial charge in [0.05, 0.1) is 12.8 Å². The number of carbonyl (C=O) groups is 6. The van der Waals surface area contributed by atoms with Crippen LogP contribution in [0.4, 0.5) is 31.2 Å². The Balaban J connectivity index is 0.850. The Morgan fingerprint density at radius 2 is 0.864 bits per heavy atom. The van der Waals surface area contributed by atoms with Crippen LogP contribution in [0.3, 0.4) is 0 Å². The number of aryl methyl sites for hydroxylation is 2. The van der Waals surface area contributed by atoms with E-state index in [4.69, 9.17) is 4.74 Å². The topological polar surface area (TPSA) is 210 Å². The maximum Gasteiger partial charge on any atom is 0.321 e. The Bertz CT molecular complexity index is 2220. The second kappa shape index (κ2) is 20.8. The molecule has 0 aliphatic carbocycles. The van der Waals surface area contributed by atoms with Gasteiger partial charge in [-0.1, -0.05) is 84.9 Å². The van der Waals surface area contributed by atoms with E-state index in [1.807, 2.05) is 60.7 Å². The first-order valence-corrected chi connectivity index (χ1v) is 20.0. The smallest absolute Gasteiger partial charge is 0.321 e. The van der Waals surface area contributed by atoms with Gasteiger partial charge in [-0.2, -0.15) is 0 Å². The average molecular weight is 831 g/mol. The largest absolute Gasteiger partial charge is 0.393 e. The minimum absolute atomic E-state index is 0.0165. The van der Waals surface area contributed by atoms with E-state index >= 15 is 0 Å². The quantitative estimate of drug-likeness (QED) is 0.0424. The fraction of sp³-hybridized carbons (Fsp3) is 0.143.